The molecule has 0 aliphatic rings. The van der Waals surface area contributed by atoms with E-state index in [2.05, 4.69) is 21.4 Å². The molecule has 0 spiro atoms. The molecule has 2 aromatic heterocycles. The number of carbonyl (C=O) groups excluding carboxylic acids is 1. The smallest absolute Gasteiger partial charge is 0.231 e. The lowest BCUT2D eigenvalue weighted by molar-refractivity contribution is -0.119. The number of benzene rings is 1. The number of nitrogens with zero attached hydrogens (tertiary/aromatic N) is 4. The molecule has 28 heavy (non-hydrogen) atoms. The monoisotopic (exact) mass is 391 g/mol. The molecule has 0 radical (unpaired) electrons. The van der Waals surface area contributed by atoms with Crippen LogP contribution in [0.2, 0.25) is 0 Å². The fourth-order valence-electron chi connectivity index (χ4n) is 2.98. The Balaban J connectivity index is 1.77. The molecule has 0 saturated carbocycles. The van der Waals surface area contributed by atoms with Gasteiger partial charge in [0.05, 0.1) is 11.3 Å². The SMILES string of the molecule is Cc1cc(C)c(C#N)c(SCC(=O)NC(c2ccccc2)c2nccn2C)n1. The quantitative estimate of drug-likeness (QED) is 0.652. The lowest BCUT2D eigenvalue weighted by Gasteiger charge is -2.19. The van der Waals surface area contributed by atoms with E-state index < -0.39 is 0 Å². The predicted octanol–water partition coefficient (Wildman–Crippen LogP) is 3.30. The Morgan fingerprint density at radius 1 is 1.32 bits per heavy atom. The lowest BCUT2D eigenvalue weighted by atomic mass is 10.1. The van der Waals surface area contributed by atoms with Crippen LogP contribution in [0, 0.1) is 25.2 Å². The minimum absolute atomic E-state index is 0.147. The summed E-state index contributed by atoms with van der Waals surface area (Å²) in [5.41, 5.74) is 3.17. The van der Waals surface area contributed by atoms with Gasteiger partial charge in [-0.1, -0.05) is 42.1 Å². The third-order valence-electron chi connectivity index (χ3n) is 4.32. The zero-order valence-corrected chi connectivity index (χ0v) is 16.8. The maximum absolute atomic E-state index is 12.7. The summed E-state index contributed by atoms with van der Waals surface area (Å²) in [6, 6.07) is 13.4. The molecular weight excluding hydrogens is 370 g/mol. The number of imidazole rings is 1. The van der Waals surface area contributed by atoms with E-state index in [1.165, 1.54) is 11.8 Å². The first-order valence-corrected chi connectivity index (χ1v) is 9.81. The first kappa shape index (κ1) is 19.6. The summed E-state index contributed by atoms with van der Waals surface area (Å²) >= 11 is 1.27. The molecule has 7 heteroatoms. The third kappa shape index (κ3) is 4.41. The molecule has 1 atom stereocenters. The highest BCUT2D eigenvalue weighted by Gasteiger charge is 2.21. The van der Waals surface area contributed by atoms with Crippen LogP contribution in [-0.2, 0) is 11.8 Å². The summed E-state index contributed by atoms with van der Waals surface area (Å²) < 4.78 is 1.89. The van der Waals surface area contributed by atoms with Gasteiger partial charge in [0.25, 0.3) is 0 Å². The summed E-state index contributed by atoms with van der Waals surface area (Å²) in [6.07, 6.45) is 3.57. The Kier molecular flexibility index (Phi) is 6.12. The van der Waals surface area contributed by atoms with E-state index in [1.807, 2.05) is 68.1 Å². The number of carbonyl (C=O) groups is 1. The molecule has 3 aromatic rings. The van der Waals surface area contributed by atoms with E-state index in [4.69, 9.17) is 0 Å². The van der Waals surface area contributed by atoms with Crippen LogP contribution in [0.3, 0.4) is 0 Å². The zero-order chi connectivity index (χ0) is 20.1. The van der Waals surface area contributed by atoms with Crippen molar-refractivity contribution in [2.45, 2.75) is 24.9 Å². The number of pyridine rings is 1. The largest absolute Gasteiger partial charge is 0.341 e. The minimum Gasteiger partial charge on any atom is -0.341 e. The Bertz CT molecular complexity index is 1020. The minimum atomic E-state index is -0.350. The van der Waals surface area contributed by atoms with Crippen LogP contribution < -0.4 is 5.32 Å². The van der Waals surface area contributed by atoms with Crippen LogP contribution in [0.15, 0.2) is 53.8 Å². The molecule has 1 aromatic carbocycles. The second-order valence-corrected chi connectivity index (χ2v) is 7.43. The number of hydrogen-bond donors (Lipinski definition) is 1. The van der Waals surface area contributed by atoms with Crippen molar-refractivity contribution in [1.82, 2.24) is 19.9 Å². The highest BCUT2D eigenvalue weighted by molar-refractivity contribution is 8.00. The summed E-state index contributed by atoms with van der Waals surface area (Å²) in [5, 5.41) is 13.0. The second-order valence-electron chi connectivity index (χ2n) is 6.47. The summed E-state index contributed by atoms with van der Waals surface area (Å²) in [6.45, 7) is 3.76. The molecule has 142 valence electrons. The van der Waals surface area contributed by atoms with E-state index in [9.17, 15) is 10.1 Å². The molecule has 0 bridgehead atoms. The molecule has 6 nitrogen and oxygen atoms in total. The first-order valence-electron chi connectivity index (χ1n) is 8.82. The highest BCUT2D eigenvalue weighted by Crippen LogP contribution is 2.25. The molecule has 0 saturated heterocycles. The van der Waals surface area contributed by atoms with Gasteiger partial charge >= 0.3 is 0 Å². The molecular formula is C21H21N5OS. The molecule has 0 aliphatic heterocycles. The van der Waals surface area contributed by atoms with Gasteiger partial charge in [0.2, 0.25) is 5.91 Å². The highest BCUT2D eigenvalue weighted by atomic mass is 32.2. The van der Waals surface area contributed by atoms with E-state index in [0.717, 1.165) is 22.6 Å². The number of nitrogens with one attached hydrogen (secondary N) is 1. The Labute approximate surface area is 168 Å². The fourth-order valence-corrected chi connectivity index (χ4v) is 3.89. The van der Waals surface area contributed by atoms with Gasteiger partial charge in [-0.15, -0.1) is 0 Å². The Morgan fingerprint density at radius 2 is 2.07 bits per heavy atom. The summed E-state index contributed by atoms with van der Waals surface area (Å²) in [5.74, 6) is 0.775. The van der Waals surface area contributed by atoms with Gasteiger partial charge in [0.1, 0.15) is 23.0 Å². The average Bonchev–Trinajstić information content (AvgIpc) is 3.10. The molecule has 0 aliphatic carbocycles. The number of aromatic nitrogens is 3. The maximum atomic E-state index is 12.7. The summed E-state index contributed by atoms with van der Waals surface area (Å²) in [4.78, 5) is 21.5. The third-order valence-corrected chi connectivity index (χ3v) is 5.29. The van der Waals surface area contributed by atoms with Crippen molar-refractivity contribution >= 4 is 17.7 Å². The summed E-state index contributed by atoms with van der Waals surface area (Å²) in [7, 11) is 1.90. The Morgan fingerprint density at radius 3 is 2.71 bits per heavy atom. The van der Waals surface area contributed by atoms with Gasteiger partial charge in [-0.25, -0.2) is 9.97 Å². The lowest BCUT2D eigenvalue weighted by Crippen LogP contribution is -2.32. The van der Waals surface area contributed by atoms with Crippen LogP contribution in [0.1, 0.15) is 34.3 Å². The van der Waals surface area contributed by atoms with Crippen molar-refractivity contribution in [2.75, 3.05) is 5.75 Å². The Hall–Kier alpha value is -3.11. The van der Waals surface area contributed by atoms with E-state index in [-0.39, 0.29) is 17.7 Å². The van der Waals surface area contributed by atoms with Crippen molar-refractivity contribution in [3.63, 3.8) is 0 Å². The molecule has 1 amide bonds. The first-order chi connectivity index (χ1) is 13.5. The van der Waals surface area contributed by atoms with E-state index in [0.29, 0.717) is 10.6 Å². The fraction of sp³-hybridized carbons (Fsp3) is 0.238. The molecule has 1 unspecified atom stereocenters. The van der Waals surface area contributed by atoms with Gasteiger partial charge in [0.15, 0.2) is 0 Å². The van der Waals surface area contributed by atoms with Gasteiger partial charge in [-0.3, -0.25) is 4.79 Å². The van der Waals surface area contributed by atoms with Crippen molar-refractivity contribution < 1.29 is 4.79 Å². The van der Waals surface area contributed by atoms with Crippen molar-refractivity contribution in [1.29, 1.82) is 5.26 Å². The normalized spacial score (nSPS) is 11.6. The van der Waals surface area contributed by atoms with Gasteiger partial charge < -0.3 is 9.88 Å². The van der Waals surface area contributed by atoms with Crippen LogP contribution in [0.5, 0.6) is 0 Å². The molecule has 3 rings (SSSR count). The second kappa shape index (κ2) is 8.72. The van der Waals surface area contributed by atoms with Gasteiger partial charge in [-0.2, -0.15) is 5.26 Å². The van der Waals surface area contributed by atoms with Crippen molar-refractivity contribution in [3.8, 4) is 6.07 Å². The average molecular weight is 392 g/mol. The van der Waals surface area contributed by atoms with Crippen LogP contribution in [-0.4, -0.2) is 26.2 Å². The zero-order valence-electron chi connectivity index (χ0n) is 16.0. The van der Waals surface area contributed by atoms with Crippen LogP contribution >= 0.6 is 11.8 Å². The van der Waals surface area contributed by atoms with Crippen molar-refractivity contribution in [3.05, 3.63) is 77.0 Å². The predicted molar refractivity (Wildman–Crippen MR) is 109 cm³/mol. The molecule has 2 heterocycles. The molecule has 1 N–H and O–H groups in total. The van der Waals surface area contributed by atoms with E-state index >= 15 is 0 Å². The molecule has 0 fully saturated rings. The van der Waals surface area contributed by atoms with Crippen molar-refractivity contribution in [2.24, 2.45) is 7.05 Å². The number of hydrogen-bond acceptors (Lipinski definition) is 5. The van der Waals surface area contributed by atoms with Gasteiger partial charge in [-0.05, 0) is 31.0 Å². The van der Waals surface area contributed by atoms with Crippen LogP contribution in [0.25, 0.3) is 0 Å². The van der Waals surface area contributed by atoms with Gasteiger partial charge in [0, 0.05) is 25.1 Å². The number of thioether (sulfide) groups is 1. The number of nitriles is 1. The number of amides is 1. The van der Waals surface area contributed by atoms with Crippen LogP contribution in [0.4, 0.5) is 0 Å². The number of rotatable bonds is 6. The standard InChI is InChI=1S/C21H21N5OS/c1-14-11-15(2)24-21(17(14)12-22)28-13-18(27)25-19(16-7-5-4-6-8-16)20-23-9-10-26(20)3/h4-11,19H,13H2,1-3H3,(H,25,27). The topological polar surface area (TPSA) is 83.6 Å². The van der Waals surface area contributed by atoms with E-state index in [1.54, 1.807) is 6.20 Å². The maximum Gasteiger partial charge on any atom is 0.231 e. The number of aryl methyl sites for hydroxylation is 3.